The monoisotopic (exact) mass is 600 g/mol. The van der Waals surface area contributed by atoms with E-state index < -0.39 is 41.4 Å². The Hall–Kier alpha value is -4.42. The summed E-state index contributed by atoms with van der Waals surface area (Å²) < 4.78 is 11.0. The van der Waals surface area contributed by atoms with E-state index in [0.717, 1.165) is 23.5 Å². The van der Waals surface area contributed by atoms with Crippen LogP contribution in [0.1, 0.15) is 11.5 Å². The first-order valence-corrected chi connectivity index (χ1v) is 15.4. The fraction of sp³-hybridized carbons (Fsp3) is 0.200. The second-order valence-corrected chi connectivity index (χ2v) is 11.0. The number of para-hydroxylation sites is 2. The molecule has 212 valence electrons. The van der Waals surface area contributed by atoms with Gasteiger partial charge in [-0.05, 0) is 54.5 Å². The highest BCUT2D eigenvalue weighted by Gasteiger charge is 2.53. The van der Waals surface area contributed by atoms with Gasteiger partial charge in [0.1, 0.15) is 11.8 Å². The molecule has 3 aliphatic rings. The molecule has 3 aromatic rings. The SMILES string of the molecule is CSC1=NC(=O)C(C(c2ccc3c(c2)OCO3)C2C(=O)N=C(SC)N(c3ccccc3)C2=O)C(=O)N1c1ccccc1. The van der Waals surface area contributed by atoms with Crippen LogP contribution >= 0.6 is 23.5 Å². The number of thioether (sulfide) groups is 2. The molecule has 2 atom stereocenters. The van der Waals surface area contributed by atoms with Crippen molar-refractivity contribution in [3.8, 4) is 11.5 Å². The average molecular weight is 601 g/mol. The molecule has 0 aromatic heterocycles. The summed E-state index contributed by atoms with van der Waals surface area (Å²) in [6.07, 6.45) is 3.44. The summed E-state index contributed by atoms with van der Waals surface area (Å²) in [6.45, 7) is -0.00163. The zero-order chi connectivity index (χ0) is 29.4. The van der Waals surface area contributed by atoms with Crippen LogP contribution in [-0.4, -0.2) is 53.3 Å². The van der Waals surface area contributed by atoms with Crippen LogP contribution in [0, 0.1) is 11.8 Å². The summed E-state index contributed by atoms with van der Waals surface area (Å²) >= 11 is 2.30. The number of rotatable bonds is 5. The minimum Gasteiger partial charge on any atom is -0.454 e. The summed E-state index contributed by atoms with van der Waals surface area (Å²) in [5.74, 6) is -6.06. The summed E-state index contributed by atoms with van der Waals surface area (Å²) in [7, 11) is 0. The van der Waals surface area contributed by atoms with Crippen LogP contribution in [0.3, 0.4) is 0 Å². The van der Waals surface area contributed by atoms with Gasteiger partial charge in [0.15, 0.2) is 21.8 Å². The lowest BCUT2D eigenvalue weighted by Crippen LogP contribution is -2.54. The van der Waals surface area contributed by atoms with E-state index in [2.05, 4.69) is 9.98 Å². The van der Waals surface area contributed by atoms with Gasteiger partial charge in [0, 0.05) is 5.92 Å². The molecule has 3 aromatic carbocycles. The fourth-order valence-corrected chi connectivity index (χ4v) is 6.44. The predicted octanol–water partition coefficient (Wildman–Crippen LogP) is 4.32. The molecule has 0 saturated heterocycles. The predicted molar refractivity (Wildman–Crippen MR) is 162 cm³/mol. The van der Waals surface area contributed by atoms with E-state index in [0.29, 0.717) is 28.4 Å². The van der Waals surface area contributed by atoms with Gasteiger partial charge >= 0.3 is 0 Å². The maximum Gasteiger partial charge on any atom is 0.261 e. The summed E-state index contributed by atoms with van der Waals surface area (Å²) in [6, 6.07) is 22.5. The molecule has 12 heteroatoms. The zero-order valence-electron chi connectivity index (χ0n) is 22.5. The third-order valence-electron chi connectivity index (χ3n) is 7.19. The number of aliphatic imine (C=N–C) groups is 2. The first kappa shape index (κ1) is 27.7. The Morgan fingerprint density at radius 1 is 0.690 bits per heavy atom. The molecule has 3 aliphatic heterocycles. The van der Waals surface area contributed by atoms with Crippen LogP contribution in [0.4, 0.5) is 11.4 Å². The number of amidine groups is 2. The Balaban J connectivity index is 1.53. The van der Waals surface area contributed by atoms with Crippen LogP contribution in [0.5, 0.6) is 11.5 Å². The van der Waals surface area contributed by atoms with Crippen molar-refractivity contribution < 1.29 is 28.7 Å². The number of fused-ring (bicyclic) bond motifs is 1. The van der Waals surface area contributed by atoms with Crippen molar-refractivity contribution in [1.82, 2.24) is 0 Å². The number of anilines is 2. The number of amides is 4. The maximum atomic E-state index is 14.4. The lowest BCUT2D eigenvalue weighted by atomic mass is 9.73. The van der Waals surface area contributed by atoms with Crippen molar-refractivity contribution in [1.29, 1.82) is 0 Å². The van der Waals surface area contributed by atoms with E-state index in [4.69, 9.17) is 9.47 Å². The zero-order valence-corrected chi connectivity index (χ0v) is 24.1. The van der Waals surface area contributed by atoms with Gasteiger partial charge in [0.2, 0.25) is 18.6 Å². The van der Waals surface area contributed by atoms with E-state index >= 15 is 0 Å². The molecular formula is C30H24N4O6S2. The highest BCUT2D eigenvalue weighted by molar-refractivity contribution is 8.14. The van der Waals surface area contributed by atoms with Gasteiger partial charge in [0.05, 0.1) is 11.4 Å². The molecule has 0 spiro atoms. The van der Waals surface area contributed by atoms with Gasteiger partial charge in [0.25, 0.3) is 11.8 Å². The van der Waals surface area contributed by atoms with E-state index in [1.54, 1.807) is 79.2 Å². The Kier molecular flexibility index (Phi) is 7.56. The Labute approximate surface area is 249 Å². The summed E-state index contributed by atoms with van der Waals surface area (Å²) in [4.78, 5) is 67.5. The highest BCUT2D eigenvalue weighted by Crippen LogP contribution is 2.44. The molecule has 0 aliphatic carbocycles. The smallest absolute Gasteiger partial charge is 0.261 e. The van der Waals surface area contributed by atoms with Gasteiger partial charge in [-0.2, -0.15) is 9.98 Å². The van der Waals surface area contributed by atoms with E-state index in [1.807, 2.05) is 12.1 Å². The van der Waals surface area contributed by atoms with E-state index in [9.17, 15) is 19.2 Å². The Morgan fingerprint density at radius 3 is 1.64 bits per heavy atom. The van der Waals surface area contributed by atoms with Crippen LogP contribution < -0.4 is 19.3 Å². The van der Waals surface area contributed by atoms with E-state index in [-0.39, 0.29) is 17.1 Å². The van der Waals surface area contributed by atoms with E-state index in [1.165, 1.54) is 9.80 Å². The van der Waals surface area contributed by atoms with Crippen LogP contribution in [0.25, 0.3) is 0 Å². The average Bonchev–Trinajstić information content (AvgIpc) is 3.48. The second kappa shape index (κ2) is 11.5. The first-order chi connectivity index (χ1) is 20.4. The van der Waals surface area contributed by atoms with Crippen LogP contribution in [0.2, 0.25) is 0 Å². The van der Waals surface area contributed by atoms with Gasteiger partial charge in [-0.15, -0.1) is 0 Å². The normalized spacial score (nSPS) is 20.9. The molecule has 10 nitrogen and oxygen atoms in total. The van der Waals surface area contributed by atoms with Crippen molar-refractivity contribution in [2.75, 3.05) is 29.1 Å². The summed E-state index contributed by atoms with van der Waals surface area (Å²) in [5, 5.41) is 0.401. The highest BCUT2D eigenvalue weighted by atomic mass is 32.2. The molecule has 0 radical (unpaired) electrons. The Morgan fingerprint density at radius 2 is 1.17 bits per heavy atom. The quantitative estimate of drug-likeness (QED) is 0.398. The van der Waals surface area contributed by atoms with Gasteiger partial charge in [-0.25, -0.2) is 0 Å². The minimum absolute atomic E-state index is 0.00163. The Bertz CT molecular complexity index is 1550. The molecule has 0 bridgehead atoms. The lowest BCUT2D eigenvalue weighted by Gasteiger charge is -2.38. The third-order valence-corrected chi connectivity index (χ3v) is 8.47. The first-order valence-electron chi connectivity index (χ1n) is 12.9. The molecule has 4 amide bonds. The maximum absolute atomic E-state index is 14.4. The number of hydrogen-bond donors (Lipinski definition) is 0. The van der Waals surface area contributed by atoms with Crippen molar-refractivity contribution in [3.05, 3.63) is 84.4 Å². The number of carbonyl (C=O) groups is 4. The third kappa shape index (κ3) is 4.76. The minimum atomic E-state index is -1.50. The van der Waals surface area contributed by atoms with Gasteiger partial charge < -0.3 is 9.47 Å². The number of nitrogens with zero attached hydrogens (tertiary/aromatic N) is 4. The second-order valence-electron chi connectivity index (χ2n) is 9.49. The topological polar surface area (TPSA) is 118 Å². The van der Waals surface area contributed by atoms with Crippen LogP contribution in [-0.2, 0) is 19.2 Å². The number of benzene rings is 3. The van der Waals surface area contributed by atoms with Crippen molar-refractivity contribution in [2.45, 2.75) is 5.92 Å². The van der Waals surface area contributed by atoms with Crippen molar-refractivity contribution in [3.63, 3.8) is 0 Å². The fourth-order valence-electron chi connectivity index (χ4n) is 5.32. The van der Waals surface area contributed by atoms with Crippen molar-refractivity contribution >= 4 is 68.9 Å². The molecule has 0 fully saturated rings. The molecule has 0 N–H and O–H groups in total. The van der Waals surface area contributed by atoms with Gasteiger partial charge in [-0.3, -0.25) is 29.0 Å². The lowest BCUT2D eigenvalue weighted by molar-refractivity contribution is -0.137. The molecule has 3 heterocycles. The molecule has 6 rings (SSSR count). The molecular weight excluding hydrogens is 576 g/mol. The summed E-state index contributed by atoms with van der Waals surface area (Å²) in [5.41, 5.74) is 1.39. The number of carbonyl (C=O) groups excluding carboxylic acids is 4. The van der Waals surface area contributed by atoms with Gasteiger partial charge in [-0.1, -0.05) is 66.0 Å². The number of ether oxygens (including phenoxy) is 2. The molecule has 42 heavy (non-hydrogen) atoms. The molecule has 2 unspecified atom stereocenters. The largest absolute Gasteiger partial charge is 0.454 e. The number of hydrogen-bond acceptors (Lipinski definition) is 8. The molecule has 0 saturated carbocycles. The standard InChI is InChI=1S/C30H24N4O6S2/c1-41-29-31-25(35)23(27(37)33(29)18-9-5-3-6-10-18)22(17-13-14-20-21(15-17)40-16-39-20)24-26(36)32-30(42-2)34(28(24)38)19-11-7-4-8-12-19/h3-15,22-24H,16H2,1-2H3. The van der Waals surface area contributed by atoms with Crippen LogP contribution in [0.15, 0.2) is 88.8 Å². The van der Waals surface area contributed by atoms with Crippen molar-refractivity contribution in [2.24, 2.45) is 21.8 Å².